The van der Waals surface area contributed by atoms with Gasteiger partial charge in [0.1, 0.15) is 5.60 Å². The number of carbonyl (C=O) groups is 1. The third-order valence-electron chi connectivity index (χ3n) is 5.59. The molecule has 1 amide bonds. The molecular formula is C23H37N5O2. The Kier molecular flexibility index (Phi) is 7.56. The molecule has 1 aromatic heterocycles. The van der Waals surface area contributed by atoms with Gasteiger partial charge in [0.15, 0.2) is 5.96 Å². The van der Waals surface area contributed by atoms with Crippen LogP contribution in [0.5, 0.6) is 0 Å². The number of hydrogen-bond donors (Lipinski definition) is 1. The SMILES string of the molecule is CN=C(NCCc1ccccn1)N1CCC(N(CC2CC2)C(=O)OC(C)(C)C)CC1. The van der Waals surface area contributed by atoms with E-state index in [9.17, 15) is 4.79 Å². The molecule has 1 saturated carbocycles. The first-order valence-electron chi connectivity index (χ1n) is 11.2. The van der Waals surface area contributed by atoms with Crippen LogP contribution in [0.2, 0.25) is 0 Å². The fourth-order valence-electron chi connectivity index (χ4n) is 3.84. The molecule has 0 aromatic carbocycles. The number of nitrogens with zero attached hydrogens (tertiary/aromatic N) is 4. The molecule has 7 nitrogen and oxygen atoms in total. The van der Waals surface area contributed by atoms with Crippen LogP contribution in [0, 0.1) is 5.92 Å². The van der Waals surface area contributed by atoms with E-state index < -0.39 is 5.60 Å². The van der Waals surface area contributed by atoms with Crippen molar-refractivity contribution < 1.29 is 9.53 Å². The van der Waals surface area contributed by atoms with Crippen LogP contribution in [0.25, 0.3) is 0 Å². The number of nitrogens with one attached hydrogen (secondary N) is 1. The average Bonchev–Trinajstić information content (AvgIpc) is 3.53. The van der Waals surface area contributed by atoms with Gasteiger partial charge < -0.3 is 19.9 Å². The van der Waals surface area contributed by atoms with Crippen LogP contribution in [0.15, 0.2) is 29.4 Å². The Labute approximate surface area is 180 Å². The summed E-state index contributed by atoms with van der Waals surface area (Å²) in [6.45, 7) is 9.21. The predicted molar refractivity (Wildman–Crippen MR) is 120 cm³/mol. The number of hydrogen-bond acceptors (Lipinski definition) is 4. The average molecular weight is 416 g/mol. The molecule has 166 valence electrons. The van der Waals surface area contributed by atoms with Gasteiger partial charge in [0.05, 0.1) is 0 Å². The summed E-state index contributed by atoms with van der Waals surface area (Å²) in [6, 6.07) is 6.23. The summed E-state index contributed by atoms with van der Waals surface area (Å²) in [4.78, 5) is 25.9. The quantitative estimate of drug-likeness (QED) is 0.570. The second-order valence-corrected chi connectivity index (χ2v) is 9.34. The van der Waals surface area contributed by atoms with Crippen LogP contribution < -0.4 is 5.32 Å². The van der Waals surface area contributed by atoms with Crippen molar-refractivity contribution in [3.05, 3.63) is 30.1 Å². The van der Waals surface area contributed by atoms with Crippen molar-refractivity contribution in [2.45, 2.75) is 64.5 Å². The zero-order chi connectivity index (χ0) is 21.6. The standard InChI is InChI=1S/C23H37N5O2/c1-23(2,3)30-22(29)28(17-18-8-9-18)20-11-15-27(16-12-20)21(24-4)26-14-10-19-7-5-6-13-25-19/h5-7,13,18,20H,8-12,14-17H2,1-4H3,(H,24,26). The third-order valence-corrected chi connectivity index (χ3v) is 5.59. The smallest absolute Gasteiger partial charge is 0.410 e. The lowest BCUT2D eigenvalue weighted by atomic mass is 10.0. The minimum absolute atomic E-state index is 0.161. The number of aliphatic imine (C=N–C) groups is 1. The monoisotopic (exact) mass is 415 g/mol. The van der Waals surface area contributed by atoms with Gasteiger partial charge in [-0.15, -0.1) is 0 Å². The summed E-state index contributed by atoms with van der Waals surface area (Å²) < 4.78 is 5.70. The van der Waals surface area contributed by atoms with E-state index >= 15 is 0 Å². The topological polar surface area (TPSA) is 70.1 Å². The first kappa shape index (κ1) is 22.4. The molecule has 7 heteroatoms. The van der Waals surface area contributed by atoms with E-state index in [4.69, 9.17) is 4.74 Å². The Morgan fingerprint density at radius 2 is 2.00 bits per heavy atom. The summed E-state index contributed by atoms with van der Waals surface area (Å²) in [7, 11) is 1.83. The highest BCUT2D eigenvalue weighted by Crippen LogP contribution is 2.32. The normalized spacial score (nSPS) is 18.3. The fraction of sp³-hybridized carbons (Fsp3) is 0.696. The van der Waals surface area contributed by atoms with Gasteiger partial charge in [0.25, 0.3) is 0 Å². The zero-order valence-corrected chi connectivity index (χ0v) is 18.9. The van der Waals surface area contributed by atoms with E-state index in [0.717, 1.165) is 57.1 Å². The predicted octanol–water partition coefficient (Wildman–Crippen LogP) is 3.31. The molecule has 0 radical (unpaired) electrons. The van der Waals surface area contributed by atoms with Crippen molar-refractivity contribution in [3.8, 4) is 0 Å². The first-order chi connectivity index (χ1) is 14.4. The number of carbonyl (C=O) groups excluding carboxylic acids is 1. The van der Waals surface area contributed by atoms with E-state index in [0.29, 0.717) is 5.92 Å². The Morgan fingerprint density at radius 1 is 1.27 bits per heavy atom. The van der Waals surface area contributed by atoms with Gasteiger partial charge in [-0.3, -0.25) is 9.98 Å². The van der Waals surface area contributed by atoms with Crippen LogP contribution in [0.3, 0.4) is 0 Å². The van der Waals surface area contributed by atoms with Gasteiger partial charge in [-0.05, 0) is 64.5 Å². The molecule has 0 bridgehead atoms. The summed E-state index contributed by atoms with van der Waals surface area (Å²) >= 11 is 0. The van der Waals surface area contributed by atoms with Gasteiger partial charge in [0, 0.05) is 57.6 Å². The van der Waals surface area contributed by atoms with E-state index in [1.54, 1.807) is 0 Å². The van der Waals surface area contributed by atoms with Crippen molar-refractivity contribution >= 4 is 12.1 Å². The fourth-order valence-corrected chi connectivity index (χ4v) is 3.84. The first-order valence-corrected chi connectivity index (χ1v) is 11.2. The highest BCUT2D eigenvalue weighted by molar-refractivity contribution is 5.80. The number of ether oxygens (including phenoxy) is 1. The minimum Gasteiger partial charge on any atom is -0.444 e. The molecule has 2 fully saturated rings. The van der Waals surface area contributed by atoms with Gasteiger partial charge in [0.2, 0.25) is 0 Å². The van der Waals surface area contributed by atoms with Gasteiger partial charge in [-0.25, -0.2) is 4.79 Å². The summed E-state index contributed by atoms with van der Waals surface area (Å²) in [5.74, 6) is 1.58. The van der Waals surface area contributed by atoms with Gasteiger partial charge in [-0.1, -0.05) is 6.07 Å². The number of likely N-dealkylation sites (tertiary alicyclic amines) is 1. The Morgan fingerprint density at radius 3 is 2.57 bits per heavy atom. The van der Waals surface area contributed by atoms with E-state index in [1.165, 1.54) is 12.8 Å². The lowest BCUT2D eigenvalue weighted by Gasteiger charge is -2.40. The number of aromatic nitrogens is 1. The molecule has 0 spiro atoms. The minimum atomic E-state index is -0.459. The molecule has 2 aliphatic rings. The molecular weight excluding hydrogens is 378 g/mol. The lowest BCUT2D eigenvalue weighted by Crippen LogP contribution is -2.52. The molecule has 1 aromatic rings. The summed E-state index contributed by atoms with van der Waals surface area (Å²) in [6.07, 6.45) is 6.86. The van der Waals surface area contributed by atoms with Crippen LogP contribution >= 0.6 is 0 Å². The van der Waals surface area contributed by atoms with Gasteiger partial charge >= 0.3 is 6.09 Å². The van der Waals surface area contributed by atoms with Crippen molar-refractivity contribution in [2.24, 2.45) is 10.9 Å². The maximum Gasteiger partial charge on any atom is 0.410 e. The maximum atomic E-state index is 12.8. The Hall–Kier alpha value is -2.31. The number of pyridine rings is 1. The highest BCUT2D eigenvalue weighted by Gasteiger charge is 2.35. The van der Waals surface area contributed by atoms with E-state index in [1.807, 2.05) is 57.1 Å². The second kappa shape index (κ2) is 10.1. The molecule has 1 aliphatic heterocycles. The van der Waals surface area contributed by atoms with Gasteiger partial charge in [-0.2, -0.15) is 0 Å². The Balaban J connectivity index is 1.50. The van der Waals surface area contributed by atoms with Crippen molar-refractivity contribution in [1.82, 2.24) is 20.1 Å². The molecule has 0 unspecified atom stereocenters. The third kappa shape index (κ3) is 6.89. The molecule has 0 atom stereocenters. The summed E-state index contributed by atoms with van der Waals surface area (Å²) in [5.41, 5.74) is 0.617. The number of amides is 1. The summed E-state index contributed by atoms with van der Waals surface area (Å²) in [5, 5.41) is 3.46. The van der Waals surface area contributed by atoms with Crippen molar-refractivity contribution in [1.29, 1.82) is 0 Å². The van der Waals surface area contributed by atoms with Crippen LogP contribution in [-0.2, 0) is 11.2 Å². The maximum absolute atomic E-state index is 12.8. The molecule has 1 N–H and O–H groups in total. The van der Waals surface area contributed by atoms with E-state index in [-0.39, 0.29) is 12.1 Å². The molecule has 3 rings (SSSR count). The molecule has 1 saturated heterocycles. The number of guanidine groups is 1. The lowest BCUT2D eigenvalue weighted by molar-refractivity contribution is 0.00929. The van der Waals surface area contributed by atoms with E-state index in [2.05, 4.69) is 20.2 Å². The number of rotatable bonds is 6. The van der Waals surface area contributed by atoms with Crippen molar-refractivity contribution in [3.63, 3.8) is 0 Å². The highest BCUT2D eigenvalue weighted by atomic mass is 16.6. The van der Waals surface area contributed by atoms with Crippen LogP contribution in [-0.4, -0.2) is 71.7 Å². The molecule has 2 heterocycles. The van der Waals surface area contributed by atoms with Crippen molar-refractivity contribution in [2.75, 3.05) is 33.2 Å². The number of piperidine rings is 1. The zero-order valence-electron chi connectivity index (χ0n) is 18.9. The molecule has 1 aliphatic carbocycles. The second-order valence-electron chi connectivity index (χ2n) is 9.34. The van der Waals surface area contributed by atoms with Crippen LogP contribution in [0.4, 0.5) is 4.79 Å². The Bertz CT molecular complexity index is 704. The largest absolute Gasteiger partial charge is 0.444 e. The van der Waals surface area contributed by atoms with Crippen LogP contribution in [0.1, 0.15) is 52.1 Å². The molecule has 30 heavy (non-hydrogen) atoms.